The van der Waals surface area contributed by atoms with Crippen LogP contribution in [0.25, 0.3) is 87.5 Å². The van der Waals surface area contributed by atoms with Gasteiger partial charge in [0.2, 0.25) is 0 Å². The molecule has 0 radical (unpaired) electrons. The van der Waals surface area contributed by atoms with Crippen molar-refractivity contribution in [3.05, 3.63) is 215 Å². The molecule has 0 unspecified atom stereocenters. The topological polar surface area (TPSA) is 25.8 Å². The second-order valence-corrected chi connectivity index (χ2v) is 17.8. The summed E-state index contributed by atoms with van der Waals surface area (Å²) in [4.78, 5) is 11.3. The number of benzene rings is 8. The van der Waals surface area contributed by atoms with Crippen LogP contribution in [0, 0.1) is 0 Å². The van der Waals surface area contributed by atoms with Gasteiger partial charge in [-0.15, -0.1) is 11.3 Å². The summed E-state index contributed by atoms with van der Waals surface area (Å²) in [5.74, 6) is 0.738. The van der Waals surface area contributed by atoms with Crippen LogP contribution in [-0.2, 0) is 10.8 Å². The van der Waals surface area contributed by atoms with Crippen molar-refractivity contribution < 1.29 is 0 Å². The van der Waals surface area contributed by atoms with Crippen molar-refractivity contribution >= 4 is 31.5 Å². The number of rotatable bonds is 3. The van der Waals surface area contributed by atoms with Gasteiger partial charge >= 0.3 is 0 Å². The van der Waals surface area contributed by atoms with Crippen LogP contribution in [0.15, 0.2) is 182 Å². The van der Waals surface area contributed by atoms with E-state index in [2.05, 4.69) is 196 Å². The predicted octanol–water partition coefficient (Wildman–Crippen LogP) is 14.5. The van der Waals surface area contributed by atoms with Crippen LogP contribution in [-0.4, -0.2) is 9.97 Å². The second-order valence-electron chi connectivity index (χ2n) is 16.8. The van der Waals surface area contributed by atoms with Crippen LogP contribution in [0.5, 0.6) is 0 Å². The molecule has 8 aromatic carbocycles. The lowest BCUT2D eigenvalue weighted by Crippen LogP contribution is -2.25. The lowest BCUT2D eigenvalue weighted by atomic mass is 9.70. The van der Waals surface area contributed by atoms with Gasteiger partial charge in [0.05, 0.1) is 16.8 Å². The van der Waals surface area contributed by atoms with E-state index in [0.717, 1.165) is 33.9 Å². The third-order valence-corrected chi connectivity index (χ3v) is 14.8. The van der Waals surface area contributed by atoms with Crippen LogP contribution >= 0.6 is 11.3 Å². The number of hydrogen-bond donors (Lipinski definition) is 0. The standard InChI is InChI=1S/C56H36N2S/c1-55(2)42-25-8-5-19-37(42)51-39(22-14-29-46(51)55)48-32-49(40-23-13-21-36-35-18-7-12-31-50(35)59-53(36)40)58-54(57-48)41-24-15-30-47-52(41)38-20-6-11-28-45(38)56(47)43-26-9-3-16-33(43)34-17-4-10-27-44(34)56/h3-32H,1-2H3. The molecule has 59 heavy (non-hydrogen) atoms. The van der Waals surface area contributed by atoms with Crippen molar-refractivity contribution in [2.45, 2.75) is 24.7 Å². The first kappa shape index (κ1) is 33.1. The SMILES string of the molecule is CC1(C)c2ccccc2-c2c(-c3cc(-c4cccc5c4sc4ccccc45)nc(-c4cccc5c4-c4ccccc4C54c5ccccc5-c5ccccc54)n3)cccc21. The van der Waals surface area contributed by atoms with E-state index in [0.29, 0.717) is 0 Å². The summed E-state index contributed by atoms with van der Waals surface area (Å²) >= 11 is 1.85. The van der Waals surface area contributed by atoms with Crippen LogP contribution < -0.4 is 0 Å². The average Bonchev–Trinajstić information content (AvgIpc) is 3.99. The van der Waals surface area contributed by atoms with E-state index in [1.165, 1.54) is 86.9 Å². The molecule has 0 atom stereocenters. The third-order valence-electron chi connectivity index (χ3n) is 13.6. The molecule has 0 saturated heterocycles. The van der Waals surface area contributed by atoms with Crippen molar-refractivity contribution in [3.63, 3.8) is 0 Å². The van der Waals surface area contributed by atoms with Crippen LogP contribution in [0.4, 0.5) is 0 Å². The van der Waals surface area contributed by atoms with E-state index in [9.17, 15) is 0 Å². The highest BCUT2D eigenvalue weighted by Gasteiger charge is 2.52. The molecule has 0 saturated carbocycles. The largest absolute Gasteiger partial charge is 0.228 e. The van der Waals surface area contributed by atoms with Gasteiger partial charge in [0.15, 0.2) is 5.82 Å². The summed E-state index contributed by atoms with van der Waals surface area (Å²) in [6.45, 7) is 4.70. The molecule has 10 aromatic rings. The summed E-state index contributed by atoms with van der Waals surface area (Å²) in [5, 5.41) is 2.54. The van der Waals surface area contributed by atoms with E-state index >= 15 is 0 Å². The van der Waals surface area contributed by atoms with Crippen molar-refractivity contribution in [1.29, 1.82) is 0 Å². The maximum Gasteiger partial charge on any atom is 0.161 e. The third kappa shape index (κ3) is 4.25. The quantitative estimate of drug-likeness (QED) is 0.179. The molecule has 2 heterocycles. The monoisotopic (exact) mass is 768 g/mol. The minimum absolute atomic E-state index is 0.130. The Kier molecular flexibility index (Phi) is 6.62. The molecule has 0 N–H and O–H groups in total. The van der Waals surface area contributed by atoms with Gasteiger partial charge in [-0.3, -0.25) is 0 Å². The molecule has 0 fully saturated rings. The van der Waals surface area contributed by atoms with Gasteiger partial charge in [-0.1, -0.05) is 184 Å². The average molecular weight is 769 g/mol. The van der Waals surface area contributed by atoms with Crippen molar-refractivity contribution in [3.8, 4) is 67.3 Å². The summed E-state index contributed by atoms with van der Waals surface area (Å²) in [7, 11) is 0. The molecule has 3 aliphatic rings. The molecular weight excluding hydrogens is 733 g/mol. The van der Waals surface area contributed by atoms with Crippen molar-refractivity contribution in [2.24, 2.45) is 0 Å². The smallest absolute Gasteiger partial charge is 0.161 e. The molecule has 2 aromatic heterocycles. The van der Waals surface area contributed by atoms with Crippen molar-refractivity contribution in [2.75, 3.05) is 0 Å². The zero-order valence-electron chi connectivity index (χ0n) is 32.6. The highest BCUT2D eigenvalue weighted by atomic mass is 32.1. The number of aromatic nitrogens is 2. The fourth-order valence-corrected chi connectivity index (χ4v) is 12.3. The lowest BCUT2D eigenvalue weighted by Gasteiger charge is -2.30. The zero-order chi connectivity index (χ0) is 39.0. The minimum atomic E-state index is -0.451. The summed E-state index contributed by atoms with van der Waals surface area (Å²) in [6.07, 6.45) is 0. The van der Waals surface area contributed by atoms with Crippen LogP contribution in [0.1, 0.15) is 47.2 Å². The highest BCUT2D eigenvalue weighted by molar-refractivity contribution is 7.26. The highest BCUT2D eigenvalue weighted by Crippen LogP contribution is 2.64. The Morgan fingerprint density at radius 2 is 0.831 bits per heavy atom. The maximum absolute atomic E-state index is 5.67. The first-order valence-corrected chi connectivity index (χ1v) is 21.3. The molecule has 13 rings (SSSR count). The van der Waals surface area contributed by atoms with Gasteiger partial charge < -0.3 is 0 Å². The summed E-state index contributed by atoms with van der Waals surface area (Å²) < 4.78 is 2.53. The van der Waals surface area contributed by atoms with E-state index in [4.69, 9.17) is 9.97 Å². The summed E-state index contributed by atoms with van der Waals surface area (Å²) in [6, 6.07) is 67.2. The minimum Gasteiger partial charge on any atom is -0.228 e. The summed E-state index contributed by atoms with van der Waals surface area (Å²) in [5.41, 5.74) is 20.1. The fraction of sp³-hybridized carbons (Fsp3) is 0.0714. The van der Waals surface area contributed by atoms with E-state index in [1.54, 1.807) is 0 Å². The first-order chi connectivity index (χ1) is 29.0. The number of hydrogen-bond acceptors (Lipinski definition) is 3. The Hall–Kier alpha value is -6.94. The molecular formula is C56H36N2S. The van der Waals surface area contributed by atoms with E-state index < -0.39 is 5.41 Å². The van der Waals surface area contributed by atoms with Gasteiger partial charge in [-0.05, 0) is 78.9 Å². The Morgan fingerprint density at radius 1 is 0.373 bits per heavy atom. The fourth-order valence-electron chi connectivity index (χ4n) is 11.1. The molecule has 276 valence electrons. The number of thiophene rings is 1. The van der Waals surface area contributed by atoms with Crippen LogP contribution in [0.2, 0.25) is 0 Å². The second kappa shape index (κ2) is 11.8. The molecule has 0 bridgehead atoms. The molecule has 0 aliphatic heterocycles. The maximum atomic E-state index is 5.67. The van der Waals surface area contributed by atoms with Gasteiger partial charge in [-0.2, -0.15) is 0 Å². The predicted molar refractivity (Wildman–Crippen MR) is 245 cm³/mol. The van der Waals surface area contributed by atoms with Gasteiger partial charge in [0, 0.05) is 42.3 Å². The Bertz CT molecular complexity index is 3390. The molecule has 1 spiro atoms. The van der Waals surface area contributed by atoms with Gasteiger partial charge in [0.25, 0.3) is 0 Å². The first-order valence-electron chi connectivity index (χ1n) is 20.5. The Labute approximate surface area is 347 Å². The van der Waals surface area contributed by atoms with Gasteiger partial charge in [-0.25, -0.2) is 9.97 Å². The molecule has 3 aliphatic carbocycles. The van der Waals surface area contributed by atoms with E-state index in [1.807, 2.05) is 11.3 Å². The van der Waals surface area contributed by atoms with Crippen molar-refractivity contribution in [1.82, 2.24) is 9.97 Å². The normalized spacial score (nSPS) is 14.5. The molecule has 3 heteroatoms. The number of nitrogens with zero attached hydrogens (tertiary/aromatic N) is 2. The number of fused-ring (bicyclic) bond motifs is 16. The Morgan fingerprint density at radius 3 is 1.56 bits per heavy atom. The Balaban J connectivity index is 1.12. The lowest BCUT2D eigenvalue weighted by molar-refractivity contribution is 0.660. The van der Waals surface area contributed by atoms with Gasteiger partial charge in [0.1, 0.15) is 0 Å². The molecule has 2 nitrogen and oxygen atoms in total. The van der Waals surface area contributed by atoms with Crippen LogP contribution in [0.3, 0.4) is 0 Å². The zero-order valence-corrected chi connectivity index (χ0v) is 33.4. The van der Waals surface area contributed by atoms with E-state index in [-0.39, 0.29) is 5.41 Å². The molecule has 0 amide bonds.